The Balaban J connectivity index is 2.57. The quantitative estimate of drug-likeness (QED) is 0.503. The highest BCUT2D eigenvalue weighted by Crippen LogP contribution is 2.31. The molecular formula is C12H24OSi. The molecule has 0 radical (unpaired) electrons. The van der Waals surface area contributed by atoms with Crippen LogP contribution in [-0.4, -0.2) is 16.1 Å². The second-order valence-corrected chi connectivity index (χ2v) is 4.79. The van der Waals surface area contributed by atoms with Crippen LogP contribution in [0, 0.1) is 0 Å². The third kappa shape index (κ3) is 2.96. The molecule has 0 aromatic rings. The first-order chi connectivity index (χ1) is 6.76. The zero-order valence-electron chi connectivity index (χ0n) is 9.94. The van der Waals surface area contributed by atoms with Crippen LogP contribution < -0.4 is 0 Å². The molecule has 0 saturated carbocycles. The van der Waals surface area contributed by atoms with Crippen molar-refractivity contribution < 1.29 is 4.43 Å². The van der Waals surface area contributed by atoms with Crippen molar-refractivity contribution in [2.45, 2.75) is 64.4 Å². The number of hydrogen-bond acceptors (Lipinski definition) is 1. The van der Waals surface area contributed by atoms with Crippen molar-refractivity contribution in [2.24, 2.45) is 0 Å². The summed E-state index contributed by atoms with van der Waals surface area (Å²) in [5.41, 5.74) is 1.82. The fourth-order valence-electron chi connectivity index (χ4n) is 2.34. The van der Waals surface area contributed by atoms with E-state index in [4.69, 9.17) is 4.43 Å². The molecule has 0 aromatic heterocycles. The molecule has 0 atom stereocenters. The van der Waals surface area contributed by atoms with E-state index >= 15 is 0 Å². The molecule has 1 aliphatic rings. The minimum absolute atomic E-state index is 0.176. The Labute approximate surface area is 91.5 Å². The van der Waals surface area contributed by atoms with Crippen LogP contribution in [0.3, 0.4) is 0 Å². The fraction of sp³-hybridized carbons (Fsp3) is 0.833. The molecule has 0 aliphatic heterocycles. The largest absolute Gasteiger partial charge is 0.422 e. The van der Waals surface area contributed by atoms with E-state index < -0.39 is 0 Å². The van der Waals surface area contributed by atoms with Crippen LogP contribution in [0.2, 0.25) is 0 Å². The summed E-state index contributed by atoms with van der Waals surface area (Å²) in [6, 6.07) is 0. The van der Waals surface area contributed by atoms with Gasteiger partial charge in [0.25, 0.3) is 0 Å². The number of rotatable bonds is 5. The summed E-state index contributed by atoms with van der Waals surface area (Å²) >= 11 is 0. The van der Waals surface area contributed by atoms with Crippen LogP contribution in [-0.2, 0) is 4.43 Å². The highest BCUT2D eigenvalue weighted by molar-refractivity contribution is 5.98. The molecule has 0 saturated heterocycles. The van der Waals surface area contributed by atoms with Gasteiger partial charge in [-0.25, -0.2) is 0 Å². The predicted octanol–water partition coefficient (Wildman–Crippen LogP) is 2.73. The van der Waals surface area contributed by atoms with Gasteiger partial charge in [0, 0.05) is 0 Å². The van der Waals surface area contributed by atoms with Gasteiger partial charge in [-0.3, -0.25) is 0 Å². The van der Waals surface area contributed by atoms with Crippen LogP contribution in [0.25, 0.3) is 0 Å². The summed E-state index contributed by atoms with van der Waals surface area (Å²) in [6.45, 7) is 4.51. The van der Waals surface area contributed by atoms with E-state index in [1.807, 2.05) is 0 Å². The van der Waals surface area contributed by atoms with Gasteiger partial charge in [-0.2, -0.15) is 0 Å². The van der Waals surface area contributed by atoms with Crippen molar-refractivity contribution in [3.05, 3.63) is 11.6 Å². The first-order valence-corrected chi connectivity index (χ1v) is 6.81. The van der Waals surface area contributed by atoms with Crippen LogP contribution in [0.4, 0.5) is 0 Å². The predicted molar refractivity (Wildman–Crippen MR) is 65.5 cm³/mol. The minimum Gasteiger partial charge on any atom is -0.422 e. The summed E-state index contributed by atoms with van der Waals surface area (Å²) < 4.78 is 5.84. The van der Waals surface area contributed by atoms with E-state index in [0.717, 1.165) is 23.3 Å². The smallest absolute Gasteiger partial charge is 0.146 e. The Morgan fingerprint density at radius 3 is 2.50 bits per heavy atom. The Hall–Kier alpha value is -0.0831. The first-order valence-electron chi connectivity index (χ1n) is 5.99. The molecule has 82 valence electrons. The number of allylic oxidation sites excluding steroid dienone is 1. The molecule has 2 heteroatoms. The Bertz CT molecular complexity index is 186. The van der Waals surface area contributed by atoms with E-state index in [9.17, 15) is 0 Å². The fourth-order valence-corrected chi connectivity index (χ4v) is 3.06. The molecule has 1 nitrogen and oxygen atoms in total. The summed E-state index contributed by atoms with van der Waals surface area (Å²) in [5, 5.41) is 0. The average molecular weight is 212 g/mol. The third-order valence-electron chi connectivity index (χ3n) is 3.66. The first kappa shape index (κ1) is 12.0. The van der Waals surface area contributed by atoms with Gasteiger partial charge < -0.3 is 4.43 Å². The topological polar surface area (TPSA) is 9.23 Å². The molecule has 0 bridgehead atoms. The van der Waals surface area contributed by atoms with Crippen molar-refractivity contribution in [1.82, 2.24) is 0 Å². The van der Waals surface area contributed by atoms with Crippen molar-refractivity contribution in [3.8, 4) is 0 Å². The van der Waals surface area contributed by atoms with Gasteiger partial charge in [-0.1, -0.05) is 25.5 Å². The van der Waals surface area contributed by atoms with Crippen LogP contribution in [0.15, 0.2) is 11.6 Å². The molecule has 0 unspecified atom stereocenters. The second kappa shape index (κ2) is 5.71. The van der Waals surface area contributed by atoms with Gasteiger partial charge in [-0.05, 0) is 44.9 Å². The zero-order chi connectivity index (χ0) is 10.4. The van der Waals surface area contributed by atoms with Crippen LogP contribution in [0.1, 0.15) is 58.8 Å². The van der Waals surface area contributed by atoms with Gasteiger partial charge in [0.1, 0.15) is 10.5 Å². The lowest BCUT2D eigenvalue weighted by molar-refractivity contribution is 0.0700. The van der Waals surface area contributed by atoms with Gasteiger partial charge in [-0.15, -0.1) is 0 Å². The Morgan fingerprint density at radius 2 is 2.07 bits per heavy atom. The molecule has 14 heavy (non-hydrogen) atoms. The third-order valence-corrected chi connectivity index (χ3v) is 4.52. The highest BCUT2D eigenvalue weighted by atomic mass is 28.2. The van der Waals surface area contributed by atoms with Gasteiger partial charge in [0.05, 0.1) is 5.60 Å². The van der Waals surface area contributed by atoms with E-state index in [-0.39, 0.29) is 5.60 Å². The van der Waals surface area contributed by atoms with E-state index in [2.05, 4.69) is 19.9 Å². The van der Waals surface area contributed by atoms with E-state index in [1.165, 1.54) is 32.1 Å². The average Bonchev–Trinajstić information content (AvgIpc) is 2.28. The Morgan fingerprint density at radius 1 is 1.36 bits per heavy atom. The lowest BCUT2D eigenvalue weighted by Crippen LogP contribution is -2.31. The summed E-state index contributed by atoms with van der Waals surface area (Å²) in [5.74, 6) is 0. The van der Waals surface area contributed by atoms with Crippen LogP contribution in [0.5, 0.6) is 0 Å². The second-order valence-electron chi connectivity index (χ2n) is 4.38. The van der Waals surface area contributed by atoms with Gasteiger partial charge in [0.15, 0.2) is 0 Å². The number of hydrogen-bond donors (Lipinski definition) is 0. The standard InChI is InChI=1S/C12H24OSi/c1-3-12(4-2,13-14)10-11-8-6-5-7-9-11/h8H,3-7,9-10H2,1-2,14H3. The molecule has 1 rings (SSSR count). The van der Waals surface area contributed by atoms with Crippen molar-refractivity contribution in [2.75, 3.05) is 0 Å². The minimum atomic E-state index is 0.176. The monoisotopic (exact) mass is 212 g/mol. The van der Waals surface area contributed by atoms with E-state index in [1.54, 1.807) is 5.57 Å². The molecule has 0 aromatic carbocycles. The van der Waals surface area contributed by atoms with Gasteiger partial charge in [0.2, 0.25) is 0 Å². The normalized spacial score (nSPS) is 18.3. The highest BCUT2D eigenvalue weighted by Gasteiger charge is 2.26. The lowest BCUT2D eigenvalue weighted by atomic mass is 9.85. The molecule has 0 fully saturated rings. The van der Waals surface area contributed by atoms with Crippen molar-refractivity contribution in [1.29, 1.82) is 0 Å². The zero-order valence-corrected chi connectivity index (χ0v) is 11.9. The van der Waals surface area contributed by atoms with Gasteiger partial charge >= 0.3 is 0 Å². The summed E-state index contributed by atoms with van der Waals surface area (Å²) in [4.78, 5) is 0. The van der Waals surface area contributed by atoms with E-state index in [0.29, 0.717) is 0 Å². The maximum Gasteiger partial charge on any atom is 0.146 e. The maximum absolute atomic E-state index is 5.84. The summed E-state index contributed by atoms with van der Waals surface area (Å²) in [6.07, 6.45) is 11.3. The molecule has 0 heterocycles. The molecule has 0 amide bonds. The van der Waals surface area contributed by atoms with Crippen molar-refractivity contribution in [3.63, 3.8) is 0 Å². The molecule has 1 aliphatic carbocycles. The molecular weight excluding hydrogens is 188 g/mol. The molecule has 0 N–H and O–H groups in total. The summed E-state index contributed by atoms with van der Waals surface area (Å²) in [7, 11) is 0.868. The van der Waals surface area contributed by atoms with Crippen LogP contribution >= 0.6 is 0 Å². The molecule has 0 spiro atoms. The maximum atomic E-state index is 5.84. The SMILES string of the molecule is CCC(CC)(CC1=CCCCC1)O[SiH3]. The van der Waals surface area contributed by atoms with Crippen molar-refractivity contribution >= 4 is 10.5 Å². The lowest BCUT2D eigenvalue weighted by Gasteiger charge is -2.33. The Kier molecular flexibility index (Phi) is 4.89.